The standard InChI is InChI=1S/C11H22N2O2/c1-4-11(2,15-3)10(14)13-9-6-5-7-12-8-9/h9,12H,4-8H2,1-3H3,(H,13,14). The lowest BCUT2D eigenvalue weighted by molar-refractivity contribution is -0.142. The van der Waals surface area contributed by atoms with Crippen LogP contribution in [0.3, 0.4) is 0 Å². The molecule has 0 aromatic heterocycles. The number of hydrogen-bond acceptors (Lipinski definition) is 3. The topological polar surface area (TPSA) is 50.4 Å². The van der Waals surface area contributed by atoms with E-state index in [2.05, 4.69) is 10.6 Å². The highest BCUT2D eigenvalue weighted by Gasteiger charge is 2.32. The third kappa shape index (κ3) is 3.18. The van der Waals surface area contributed by atoms with Crippen LogP contribution in [0.1, 0.15) is 33.1 Å². The minimum absolute atomic E-state index is 0.00111. The largest absolute Gasteiger partial charge is 0.369 e. The van der Waals surface area contributed by atoms with Gasteiger partial charge in [0.1, 0.15) is 5.60 Å². The minimum atomic E-state index is -0.683. The average Bonchev–Trinajstić information content (AvgIpc) is 2.29. The fraction of sp³-hybridized carbons (Fsp3) is 0.909. The molecular weight excluding hydrogens is 192 g/mol. The van der Waals surface area contributed by atoms with E-state index in [4.69, 9.17) is 4.74 Å². The molecule has 2 unspecified atom stereocenters. The number of nitrogens with one attached hydrogen (secondary N) is 2. The molecule has 0 aliphatic carbocycles. The lowest BCUT2D eigenvalue weighted by atomic mass is 10.0. The van der Waals surface area contributed by atoms with Gasteiger partial charge in [-0.2, -0.15) is 0 Å². The normalized spacial score (nSPS) is 25.7. The summed E-state index contributed by atoms with van der Waals surface area (Å²) >= 11 is 0. The number of carbonyl (C=O) groups excluding carboxylic acids is 1. The van der Waals surface area contributed by atoms with Gasteiger partial charge >= 0.3 is 0 Å². The van der Waals surface area contributed by atoms with Crippen molar-refractivity contribution in [3.05, 3.63) is 0 Å². The maximum Gasteiger partial charge on any atom is 0.252 e. The first-order chi connectivity index (χ1) is 7.12. The van der Waals surface area contributed by atoms with E-state index in [-0.39, 0.29) is 11.9 Å². The molecular formula is C11H22N2O2. The number of piperidine rings is 1. The van der Waals surface area contributed by atoms with Gasteiger partial charge < -0.3 is 15.4 Å². The maximum absolute atomic E-state index is 11.9. The highest BCUT2D eigenvalue weighted by Crippen LogP contribution is 2.15. The van der Waals surface area contributed by atoms with Gasteiger partial charge in [-0.05, 0) is 32.7 Å². The van der Waals surface area contributed by atoms with E-state index in [0.717, 1.165) is 25.9 Å². The van der Waals surface area contributed by atoms with Crippen molar-refractivity contribution in [3.63, 3.8) is 0 Å². The van der Waals surface area contributed by atoms with Crippen molar-refractivity contribution in [3.8, 4) is 0 Å². The molecule has 2 N–H and O–H groups in total. The minimum Gasteiger partial charge on any atom is -0.369 e. The Kier molecular flexibility index (Phi) is 4.54. The van der Waals surface area contributed by atoms with Crippen LogP contribution < -0.4 is 10.6 Å². The Balaban J connectivity index is 2.45. The quantitative estimate of drug-likeness (QED) is 0.723. The number of amides is 1. The molecule has 4 heteroatoms. The van der Waals surface area contributed by atoms with Crippen molar-refractivity contribution in [2.24, 2.45) is 0 Å². The molecule has 15 heavy (non-hydrogen) atoms. The van der Waals surface area contributed by atoms with Crippen LogP contribution in [0, 0.1) is 0 Å². The van der Waals surface area contributed by atoms with E-state index >= 15 is 0 Å². The first kappa shape index (κ1) is 12.5. The van der Waals surface area contributed by atoms with Crippen LogP contribution in [0.15, 0.2) is 0 Å². The Morgan fingerprint density at radius 1 is 1.67 bits per heavy atom. The van der Waals surface area contributed by atoms with E-state index < -0.39 is 5.60 Å². The van der Waals surface area contributed by atoms with Gasteiger partial charge in [-0.3, -0.25) is 4.79 Å². The second kappa shape index (κ2) is 5.47. The van der Waals surface area contributed by atoms with E-state index in [9.17, 15) is 4.79 Å². The lowest BCUT2D eigenvalue weighted by Gasteiger charge is -2.30. The van der Waals surface area contributed by atoms with E-state index in [0.29, 0.717) is 6.42 Å². The Hall–Kier alpha value is -0.610. The molecule has 1 aliphatic rings. The van der Waals surface area contributed by atoms with Gasteiger partial charge in [-0.1, -0.05) is 6.92 Å². The smallest absolute Gasteiger partial charge is 0.252 e. The van der Waals surface area contributed by atoms with Crippen molar-refractivity contribution in [1.82, 2.24) is 10.6 Å². The molecule has 0 saturated carbocycles. The molecule has 0 aromatic carbocycles. The Bertz CT molecular complexity index is 209. The molecule has 0 aromatic rings. The molecule has 4 nitrogen and oxygen atoms in total. The zero-order chi connectivity index (χ0) is 11.3. The van der Waals surface area contributed by atoms with Crippen molar-refractivity contribution < 1.29 is 9.53 Å². The van der Waals surface area contributed by atoms with Gasteiger partial charge in [0.15, 0.2) is 0 Å². The molecule has 0 radical (unpaired) electrons. The summed E-state index contributed by atoms with van der Waals surface area (Å²) < 4.78 is 5.26. The first-order valence-corrected chi connectivity index (χ1v) is 5.69. The summed E-state index contributed by atoms with van der Waals surface area (Å²) in [6, 6.07) is 0.257. The maximum atomic E-state index is 11.9. The number of ether oxygens (including phenoxy) is 1. The van der Waals surface area contributed by atoms with Crippen molar-refractivity contribution >= 4 is 5.91 Å². The molecule has 1 saturated heterocycles. The molecule has 1 aliphatic heterocycles. The van der Waals surface area contributed by atoms with E-state index in [1.54, 1.807) is 7.11 Å². The van der Waals surface area contributed by atoms with Crippen molar-refractivity contribution in [1.29, 1.82) is 0 Å². The second-order valence-electron chi connectivity index (χ2n) is 4.31. The summed E-state index contributed by atoms with van der Waals surface area (Å²) in [6.07, 6.45) is 2.87. The van der Waals surface area contributed by atoms with Gasteiger partial charge in [-0.15, -0.1) is 0 Å². The van der Waals surface area contributed by atoms with Crippen molar-refractivity contribution in [2.45, 2.75) is 44.8 Å². The highest BCUT2D eigenvalue weighted by atomic mass is 16.5. The van der Waals surface area contributed by atoms with E-state index in [1.165, 1.54) is 0 Å². The monoisotopic (exact) mass is 214 g/mol. The van der Waals surface area contributed by atoms with Crippen LogP contribution in [0.2, 0.25) is 0 Å². The Morgan fingerprint density at radius 2 is 2.40 bits per heavy atom. The average molecular weight is 214 g/mol. The molecule has 1 fully saturated rings. The molecule has 2 atom stereocenters. The molecule has 1 heterocycles. The number of methoxy groups -OCH3 is 1. The predicted octanol–water partition coefficient (Wildman–Crippen LogP) is 0.670. The fourth-order valence-corrected chi connectivity index (χ4v) is 1.71. The lowest BCUT2D eigenvalue weighted by Crippen LogP contribution is -2.53. The third-order valence-corrected chi connectivity index (χ3v) is 3.24. The van der Waals surface area contributed by atoms with Crippen LogP contribution in [0.5, 0.6) is 0 Å². The third-order valence-electron chi connectivity index (χ3n) is 3.24. The van der Waals surface area contributed by atoms with E-state index in [1.807, 2.05) is 13.8 Å². The van der Waals surface area contributed by atoms with Crippen molar-refractivity contribution in [2.75, 3.05) is 20.2 Å². The predicted molar refractivity (Wildman–Crippen MR) is 59.7 cm³/mol. The van der Waals surface area contributed by atoms with Gasteiger partial charge in [0.05, 0.1) is 0 Å². The van der Waals surface area contributed by atoms with Crippen LogP contribution in [0.4, 0.5) is 0 Å². The van der Waals surface area contributed by atoms with Gasteiger partial charge in [0.2, 0.25) is 0 Å². The highest BCUT2D eigenvalue weighted by molar-refractivity contribution is 5.84. The SMILES string of the molecule is CCC(C)(OC)C(=O)NC1CCCNC1. The number of carbonyl (C=O) groups is 1. The van der Waals surface area contributed by atoms with Gasteiger partial charge in [0.25, 0.3) is 5.91 Å². The Morgan fingerprint density at radius 3 is 2.87 bits per heavy atom. The van der Waals surface area contributed by atoms with Crippen LogP contribution in [-0.2, 0) is 9.53 Å². The first-order valence-electron chi connectivity index (χ1n) is 5.69. The molecule has 0 spiro atoms. The number of hydrogen-bond donors (Lipinski definition) is 2. The summed E-state index contributed by atoms with van der Waals surface area (Å²) in [5, 5.41) is 6.31. The summed E-state index contributed by atoms with van der Waals surface area (Å²) in [5.41, 5.74) is -0.683. The number of rotatable bonds is 4. The van der Waals surface area contributed by atoms with Crippen LogP contribution in [0.25, 0.3) is 0 Å². The zero-order valence-corrected chi connectivity index (χ0v) is 9.93. The molecule has 88 valence electrons. The van der Waals surface area contributed by atoms with Gasteiger partial charge in [-0.25, -0.2) is 0 Å². The summed E-state index contributed by atoms with van der Waals surface area (Å²) in [6.45, 7) is 5.72. The summed E-state index contributed by atoms with van der Waals surface area (Å²) in [4.78, 5) is 11.9. The molecule has 1 amide bonds. The molecule has 0 bridgehead atoms. The molecule has 1 rings (SSSR count). The second-order valence-corrected chi connectivity index (χ2v) is 4.31. The summed E-state index contributed by atoms with van der Waals surface area (Å²) in [7, 11) is 1.59. The van der Waals surface area contributed by atoms with Crippen LogP contribution >= 0.6 is 0 Å². The van der Waals surface area contributed by atoms with Gasteiger partial charge in [0, 0.05) is 19.7 Å². The zero-order valence-electron chi connectivity index (χ0n) is 9.93. The fourth-order valence-electron chi connectivity index (χ4n) is 1.71. The summed E-state index contributed by atoms with van der Waals surface area (Å²) in [5.74, 6) is 0.00111. The van der Waals surface area contributed by atoms with Crippen LogP contribution in [-0.4, -0.2) is 37.7 Å². The Labute approximate surface area is 91.8 Å².